The highest BCUT2D eigenvalue weighted by Crippen LogP contribution is 2.48. The number of carbonyl (C=O) groups is 1. The van der Waals surface area contributed by atoms with E-state index in [1.807, 2.05) is 18.4 Å². The molecule has 1 amide bonds. The molecule has 0 heterocycles. The Balaban J connectivity index is 2.37. The number of amides is 1. The van der Waals surface area contributed by atoms with Crippen LogP contribution in [-0.4, -0.2) is 31.5 Å². The monoisotopic (exact) mass is 401 g/mol. The summed E-state index contributed by atoms with van der Waals surface area (Å²) in [6.07, 6.45) is 2.90. The molecular formula is C21H23NO5S. The molecule has 28 heavy (non-hydrogen) atoms. The summed E-state index contributed by atoms with van der Waals surface area (Å²) < 4.78 is 10.7. The third-order valence-corrected chi connectivity index (χ3v) is 5.71. The lowest BCUT2D eigenvalue weighted by Gasteiger charge is -2.17. The van der Waals surface area contributed by atoms with Gasteiger partial charge in [0.05, 0.1) is 25.2 Å². The molecule has 0 saturated heterocycles. The first-order valence-electron chi connectivity index (χ1n) is 8.87. The fourth-order valence-electron chi connectivity index (χ4n) is 3.68. The quantitative estimate of drug-likeness (QED) is 0.765. The minimum Gasteiger partial charge on any atom is -0.504 e. The number of benzene rings is 1. The molecule has 0 fully saturated rings. The van der Waals surface area contributed by atoms with E-state index in [4.69, 9.17) is 9.47 Å². The highest BCUT2D eigenvalue weighted by atomic mass is 32.2. The molecule has 2 N–H and O–H groups in total. The zero-order valence-corrected chi connectivity index (χ0v) is 17.1. The van der Waals surface area contributed by atoms with E-state index in [9.17, 15) is 14.7 Å². The van der Waals surface area contributed by atoms with E-state index in [0.29, 0.717) is 29.1 Å². The summed E-state index contributed by atoms with van der Waals surface area (Å²) in [6.45, 7) is 1.45. The maximum absolute atomic E-state index is 12.6. The van der Waals surface area contributed by atoms with E-state index in [-0.39, 0.29) is 28.9 Å². The molecule has 1 unspecified atom stereocenters. The number of carbonyl (C=O) groups excluding carboxylic acids is 1. The van der Waals surface area contributed by atoms with Crippen molar-refractivity contribution in [3.63, 3.8) is 0 Å². The van der Waals surface area contributed by atoms with Crippen molar-refractivity contribution in [2.75, 3.05) is 20.5 Å². The maximum atomic E-state index is 12.6. The third-order valence-electron chi connectivity index (χ3n) is 4.94. The van der Waals surface area contributed by atoms with Crippen LogP contribution in [0.25, 0.3) is 11.1 Å². The average molecular weight is 401 g/mol. The van der Waals surface area contributed by atoms with Crippen molar-refractivity contribution in [2.45, 2.75) is 30.7 Å². The number of fused-ring (bicyclic) bond motifs is 3. The molecule has 148 valence electrons. The van der Waals surface area contributed by atoms with Gasteiger partial charge >= 0.3 is 0 Å². The van der Waals surface area contributed by atoms with Crippen LogP contribution in [0.1, 0.15) is 30.5 Å². The van der Waals surface area contributed by atoms with Crippen molar-refractivity contribution in [1.29, 1.82) is 0 Å². The Labute approximate surface area is 167 Å². The van der Waals surface area contributed by atoms with Gasteiger partial charge in [-0.1, -0.05) is 6.07 Å². The average Bonchev–Trinajstić information content (AvgIpc) is 2.91. The second kappa shape index (κ2) is 8.14. The lowest BCUT2D eigenvalue weighted by Crippen LogP contribution is -2.26. The summed E-state index contributed by atoms with van der Waals surface area (Å²) in [6, 6.07) is 6.70. The fraction of sp³-hybridized carbons (Fsp3) is 0.333. The molecule has 0 bridgehead atoms. The van der Waals surface area contributed by atoms with Gasteiger partial charge in [0.25, 0.3) is 0 Å². The number of rotatable bonds is 4. The zero-order valence-electron chi connectivity index (χ0n) is 16.3. The summed E-state index contributed by atoms with van der Waals surface area (Å²) >= 11 is 1.37. The molecule has 0 spiro atoms. The van der Waals surface area contributed by atoms with Crippen molar-refractivity contribution < 1.29 is 19.4 Å². The summed E-state index contributed by atoms with van der Waals surface area (Å²) in [5, 5.41) is 13.8. The van der Waals surface area contributed by atoms with E-state index in [2.05, 4.69) is 5.32 Å². The molecule has 2 aromatic rings. The lowest BCUT2D eigenvalue weighted by atomic mass is 9.96. The second-order valence-corrected chi connectivity index (χ2v) is 7.41. The Morgan fingerprint density at radius 1 is 1.21 bits per heavy atom. The number of aromatic hydroxyl groups is 1. The first-order valence-corrected chi connectivity index (χ1v) is 10.1. The highest BCUT2D eigenvalue weighted by Gasteiger charge is 2.28. The van der Waals surface area contributed by atoms with Gasteiger partial charge in [-0.05, 0) is 54.0 Å². The van der Waals surface area contributed by atoms with Crippen molar-refractivity contribution in [3.05, 3.63) is 45.6 Å². The smallest absolute Gasteiger partial charge is 0.217 e. The Hall–Kier alpha value is -2.67. The number of nitrogens with one attached hydrogen (secondary N) is 1. The molecule has 3 rings (SSSR count). The first kappa shape index (κ1) is 20.1. The molecular weight excluding hydrogens is 378 g/mol. The molecule has 7 heteroatoms. The Morgan fingerprint density at radius 3 is 2.57 bits per heavy atom. The zero-order chi connectivity index (χ0) is 20.4. The van der Waals surface area contributed by atoms with E-state index >= 15 is 0 Å². The number of methoxy groups -OCH3 is 2. The van der Waals surface area contributed by atoms with Gasteiger partial charge in [-0.15, -0.1) is 11.8 Å². The molecule has 1 aliphatic rings. The van der Waals surface area contributed by atoms with Crippen molar-refractivity contribution in [2.24, 2.45) is 0 Å². The third kappa shape index (κ3) is 3.54. The molecule has 1 atom stereocenters. The number of phenolic OH excluding ortho intramolecular Hbond substituents is 1. The van der Waals surface area contributed by atoms with Crippen LogP contribution in [0.2, 0.25) is 0 Å². The first-order chi connectivity index (χ1) is 13.4. The molecule has 6 nitrogen and oxygen atoms in total. The lowest BCUT2D eigenvalue weighted by molar-refractivity contribution is -0.119. The minimum absolute atomic E-state index is 0.0187. The van der Waals surface area contributed by atoms with Crippen LogP contribution in [0.15, 0.2) is 34.0 Å². The van der Waals surface area contributed by atoms with Gasteiger partial charge in [-0.25, -0.2) is 0 Å². The van der Waals surface area contributed by atoms with Crippen LogP contribution in [-0.2, 0) is 11.2 Å². The second-order valence-electron chi connectivity index (χ2n) is 6.56. The minimum atomic E-state index is -0.342. The SMILES string of the molecule is COc1cc2c(c(O)c1OC)CCC(NC(C)=O)c1cc(=O)c(SC)ccc1-2. The number of ether oxygens (including phenoxy) is 2. The van der Waals surface area contributed by atoms with Crippen LogP contribution < -0.4 is 20.2 Å². The van der Waals surface area contributed by atoms with Gasteiger partial charge in [0.1, 0.15) is 0 Å². The van der Waals surface area contributed by atoms with Gasteiger partial charge < -0.3 is 19.9 Å². The Kier molecular flexibility index (Phi) is 5.84. The normalized spacial score (nSPS) is 15.1. The summed E-state index contributed by atoms with van der Waals surface area (Å²) in [4.78, 5) is 25.0. The Bertz CT molecular complexity index is 989. The molecule has 0 radical (unpaired) electrons. The maximum Gasteiger partial charge on any atom is 0.217 e. The van der Waals surface area contributed by atoms with Crippen LogP contribution in [0.5, 0.6) is 17.2 Å². The van der Waals surface area contributed by atoms with Gasteiger partial charge in [0.15, 0.2) is 16.9 Å². The van der Waals surface area contributed by atoms with E-state index in [1.165, 1.54) is 32.9 Å². The predicted molar refractivity (Wildman–Crippen MR) is 110 cm³/mol. The highest BCUT2D eigenvalue weighted by molar-refractivity contribution is 7.98. The van der Waals surface area contributed by atoms with E-state index in [1.54, 1.807) is 12.1 Å². The number of hydrogen-bond acceptors (Lipinski definition) is 6. The fourth-order valence-corrected chi connectivity index (χ4v) is 4.14. The standard InChI is InChI=1S/C21H23NO5S/c1-11(23)22-16-7-5-13-14(10-18(26-2)21(27-3)20(13)25)12-6-8-19(28-4)17(24)9-15(12)16/h6,8-10,16,25H,5,7H2,1-4H3,(H,22,23). The Morgan fingerprint density at radius 2 is 1.96 bits per heavy atom. The summed E-state index contributed by atoms with van der Waals surface area (Å²) in [5.41, 5.74) is 2.87. The van der Waals surface area contributed by atoms with Gasteiger partial charge in [0, 0.05) is 12.5 Å². The summed E-state index contributed by atoms with van der Waals surface area (Å²) in [7, 11) is 2.98. The largest absolute Gasteiger partial charge is 0.504 e. The van der Waals surface area contributed by atoms with Gasteiger partial charge in [-0.2, -0.15) is 0 Å². The van der Waals surface area contributed by atoms with E-state index in [0.717, 1.165) is 16.7 Å². The van der Waals surface area contributed by atoms with Crippen LogP contribution in [0.4, 0.5) is 0 Å². The molecule has 0 aliphatic heterocycles. The van der Waals surface area contributed by atoms with Gasteiger partial charge in [-0.3, -0.25) is 9.59 Å². The van der Waals surface area contributed by atoms with Crippen LogP contribution >= 0.6 is 11.8 Å². The van der Waals surface area contributed by atoms with Crippen LogP contribution in [0.3, 0.4) is 0 Å². The molecule has 0 saturated carbocycles. The number of hydrogen-bond donors (Lipinski definition) is 2. The molecule has 0 aromatic heterocycles. The number of thioether (sulfide) groups is 1. The van der Waals surface area contributed by atoms with E-state index < -0.39 is 0 Å². The molecule has 1 aliphatic carbocycles. The van der Waals surface area contributed by atoms with Crippen molar-refractivity contribution in [1.82, 2.24) is 5.32 Å². The van der Waals surface area contributed by atoms with Crippen LogP contribution in [0, 0.1) is 0 Å². The van der Waals surface area contributed by atoms with Crippen molar-refractivity contribution in [3.8, 4) is 28.4 Å². The van der Waals surface area contributed by atoms with Gasteiger partial charge in [0.2, 0.25) is 11.7 Å². The predicted octanol–water partition coefficient (Wildman–Crippen LogP) is 3.28. The topological polar surface area (TPSA) is 84.9 Å². The molecule has 2 aromatic carbocycles. The van der Waals surface area contributed by atoms with Crippen molar-refractivity contribution >= 4 is 17.7 Å². The summed E-state index contributed by atoms with van der Waals surface area (Å²) in [5.74, 6) is 0.521. The number of phenols is 1.